The number of anilines is 1. The molecule has 1 saturated heterocycles. The fourth-order valence-corrected chi connectivity index (χ4v) is 4.13. The van der Waals surface area contributed by atoms with Crippen LogP contribution in [0, 0.1) is 0 Å². The van der Waals surface area contributed by atoms with Gasteiger partial charge < -0.3 is 0 Å². The summed E-state index contributed by atoms with van der Waals surface area (Å²) in [4.78, 5) is 11.2. The van der Waals surface area contributed by atoms with Crippen LogP contribution in [-0.4, -0.2) is 32.0 Å². The first-order chi connectivity index (χ1) is 10.3. The predicted octanol–water partition coefficient (Wildman–Crippen LogP) is 2.50. The van der Waals surface area contributed by atoms with E-state index in [0.717, 1.165) is 11.1 Å². The van der Waals surface area contributed by atoms with Crippen molar-refractivity contribution in [3.05, 3.63) is 42.0 Å². The Kier molecular flexibility index (Phi) is 4.81. The molecule has 5 nitrogen and oxygen atoms in total. The van der Waals surface area contributed by atoms with Crippen molar-refractivity contribution in [3.8, 4) is 0 Å². The lowest BCUT2D eigenvalue weighted by molar-refractivity contribution is -0.107. The van der Waals surface area contributed by atoms with Crippen molar-refractivity contribution in [2.45, 2.75) is 26.2 Å². The first-order valence-electron chi connectivity index (χ1n) is 7.08. The maximum Gasteiger partial charge on any atom is 0.234 e. The molecule has 22 heavy (non-hydrogen) atoms. The van der Waals surface area contributed by atoms with Gasteiger partial charge in [-0.1, -0.05) is 18.7 Å². The van der Waals surface area contributed by atoms with Crippen molar-refractivity contribution < 1.29 is 13.2 Å². The average Bonchev–Trinajstić information content (AvgIpc) is 2.84. The lowest BCUT2D eigenvalue weighted by Gasteiger charge is -2.14. The van der Waals surface area contributed by atoms with Crippen LogP contribution < -0.4 is 5.01 Å². The minimum atomic E-state index is -2.90. The molecule has 0 spiro atoms. The Morgan fingerprint density at radius 1 is 1.32 bits per heavy atom. The van der Waals surface area contributed by atoms with Gasteiger partial charge in [0.1, 0.15) is 0 Å². The highest BCUT2D eigenvalue weighted by Crippen LogP contribution is 2.30. The molecular weight excluding hydrogens is 300 g/mol. The van der Waals surface area contributed by atoms with Gasteiger partial charge in [-0.05, 0) is 49.5 Å². The van der Waals surface area contributed by atoms with Crippen molar-refractivity contribution in [3.63, 3.8) is 0 Å². The van der Waals surface area contributed by atoms with Crippen LogP contribution in [0.5, 0.6) is 0 Å². The third-order valence-electron chi connectivity index (χ3n) is 3.84. The van der Waals surface area contributed by atoms with Crippen LogP contribution in [0.4, 0.5) is 5.69 Å². The predicted molar refractivity (Wildman–Crippen MR) is 88.9 cm³/mol. The molecule has 1 heterocycles. The van der Waals surface area contributed by atoms with Crippen LogP contribution >= 0.6 is 0 Å². The summed E-state index contributed by atoms with van der Waals surface area (Å²) in [6.45, 7) is 7.40. The van der Waals surface area contributed by atoms with Gasteiger partial charge in [0.2, 0.25) is 6.41 Å². The van der Waals surface area contributed by atoms with Crippen LogP contribution in [0.25, 0.3) is 0 Å². The van der Waals surface area contributed by atoms with Crippen LogP contribution in [0.2, 0.25) is 0 Å². The zero-order valence-corrected chi connectivity index (χ0v) is 13.6. The van der Waals surface area contributed by atoms with Gasteiger partial charge in [0.25, 0.3) is 0 Å². The Balaban J connectivity index is 2.19. The Morgan fingerprint density at radius 2 is 1.95 bits per heavy atom. The van der Waals surface area contributed by atoms with E-state index in [2.05, 4.69) is 11.7 Å². The molecule has 1 unspecified atom stereocenters. The highest BCUT2D eigenvalue weighted by Gasteiger charge is 2.28. The zero-order chi connectivity index (χ0) is 16.3. The molecule has 1 aliphatic rings. The van der Waals surface area contributed by atoms with Crippen LogP contribution in [0.15, 0.2) is 41.5 Å². The lowest BCUT2D eigenvalue weighted by atomic mass is 9.98. The minimum absolute atomic E-state index is 0.0457. The van der Waals surface area contributed by atoms with E-state index in [4.69, 9.17) is 0 Å². The first kappa shape index (κ1) is 16.4. The van der Waals surface area contributed by atoms with E-state index in [1.54, 1.807) is 19.1 Å². The molecule has 0 radical (unpaired) electrons. The largest absolute Gasteiger partial charge is 0.276 e. The molecular formula is C16H20N2O3S. The van der Waals surface area contributed by atoms with Crippen LogP contribution in [0.1, 0.15) is 31.7 Å². The van der Waals surface area contributed by atoms with Crippen LogP contribution in [-0.2, 0) is 14.6 Å². The molecule has 0 aromatic heterocycles. The lowest BCUT2D eigenvalue weighted by Crippen LogP contribution is -2.16. The summed E-state index contributed by atoms with van der Waals surface area (Å²) >= 11 is 0. The normalized spacial score (nSPS) is 20.6. The van der Waals surface area contributed by atoms with Gasteiger partial charge in [0.05, 0.1) is 22.9 Å². The fourth-order valence-electron chi connectivity index (χ4n) is 2.35. The number of carbonyl (C=O) groups is 1. The third-order valence-corrected chi connectivity index (χ3v) is 5.60. The summed E-state index contributed by atoms with van der Waals surface area (Å²) < 4.78 is 23.1. The summed E-state index contributed by atoms with van der Waals surface area (Å²) in [6.07, 6.45) is 1.30. The molecule has 1 fully saturated rings. The first-order valence-corrected chi connectivity index (χ1v) is 8.90. The van der Waals surface area contributed by atoms with E-state index in [0.29, 0.717) is 24.2 Å². The molecule has 1 aromatic carbocycles. The molecule has 1 amide bonds. The Bertz CT molecular complexity index is 705. The number of hydrogen-bond donors (Lipinski definition) is 0. The number of rotatable bonds is 5. The fraction of sp³-hybridized carbons (Fsp3) is 0.375. The van der Waals surface area contributed by atoms with E-state index < -0.39 is 9.84 Å². The van der Waals surface area contributed by atoms with Crippen LogP contribution in [0.3, 0.4) is 0 Å². The molecule has 2 rings (SSSR count). The van der Waals surface area contributed by atoms with Gasteiger partial charge in [-0.3, -0.25) is 4.79 Å². The number of sulfone groups is 1. The number of allylic oxidation sites excluding steroid dienone is 1. The molecule has 0 N–H and O–H groups in total. The van der Waals surface area contributed by atoms with E-state index >= 15 is 0 Å². The SMILES string of the molecule is C=C(C)/C(C)=N\N(C=O)c1ccc(C2CCS(=O)(=O)C2)cc1. The number of carbonyl (C=O) groups excluding carboxylic acids is 1. The van der Waals surface area contributed by atoms with Gasteiger partial charge in [0.15, 0.2) is 9.84 Å². The van der Waals surface area contributed by atoms with Crippen molar-refractivity contribution in [2.75, 3.05) is 16.5 Å². The summed E-state index contributed by atoms with van der Waals surface area (Å²) in [7, 11) is -2.90. The van der Waals surface area contributed by atoms with Gasteiger partial charge in [0, 0.05) is 0 Å². The van der Waals surface area contributed by atoms with E-state index in [-0.39, 0.29) is 17.4 Å². The maximum atomic E-state index is 11.5. The quantitative estimate of drug-likeness (QED) is 0.475. The van der Waals surface area contributed by atoms with Gasteiger partial charge >= 0.3 is 0 Å². The third kappa shape index (κ3) is 3.82. The molecule has 1 aromatic rings. The van der Waals surface area contributed by atoms with Crippen molar-refractivity contribution in [1.29, 1.82) is 0 Å². The van der Waals surface area contributed by atoms with E-state index in [1.165, 1.54) is 5.01 Å². The number of hydrogen-bond acceptors (Lipinski definition) is 4. The summed E-state index contributed by atoms with van der Waals surface area (Å²) in [5.74, 6) is 0.503. The number of amides is 1. The molecule has 0 bridgehead atoms. The number of nitrogens with zero attached hydrogens (tertiary/aromatic N) is 2. The highest BCUT2D eigenvalue weighted by atomic mass is 32.2. The van der Waals surface area contributed by atoms with E-state index in [1.807, 2.05) is 19.1 Å². The molecule has 6 heteroatoms. The minimum Gasteiger partial charge on any atom is -0.276 e. The maximum absolute atomic E-state index is 11.5. The Morgan fingerprint density at radius 3 is 2.41 bits per heavy atom. The molecule has 0 aliphatic carbocycles. The molecule has 1 aliphatic heterocycles. The van der Waals surface area contributed by atoms with Crippen molar-refractivity contribution in [1.82, 2.24) is 0 Å². The molecule has 1 atom stereocenters. The monoisotopic (exact) mass is 320 g/mol. The number of benzene rings is 1. The smallest absolute Gasteiger partial charge is 0.234 e. The molecule has 0 saturated carbocycles. The second-order valence-corrected chi connectivity index (χ2v) is 7.84. The second-order valence-electron chi connectivity index (χ2n) is 5.61. The summed E-state index contributed by atoms with van der Waals surface area (Å²) in [5.41, 5.74) is 3.09. The van der Waals surface area contributed by atoms with Gasteiger partial charge in [-0.25, -0.2) is 13.4 Å². The second kappa shape index (κ2) is 6.44. The summed E-state index contributed by atoms with van der Waals surface area (Å²) in [6, 6.07) is 7.29. The standard InChI is InChI=1S/C16H20N2O3S/c1-12(2)13(3)17-18(11-19)16-6-4-14(5-7-16)15-8-9-22(20,21)10-15/h4-7,11,15H,1,8-10H2,2-3H3/b17-13-. The van der Waals surface area contributed by atoms with E-state index in [9.17, 15) is 13.2 Å². The van der Waals surface area contributed by atoms with Crippen molar-refractivity contribution >= 4 is 27.6 Å². The Hall–Kier alpha value is -1.95. The Labute approximate surface area is 131 Å². The molecule has 118 valence electrons. The average molecular weight is 320 g/mol. The van der Waals surface area contributed by atoms with Gasteiger partial charge in [-0.2, -0.15) is 5.10 Å². The number of hydrazone groups is 1. The summed E-state index contributed by atoms with van der Waals surface area (Å²) in [5, 5.41) is 5.45. The van der Waals surface area contributed by atoms with Gasteiger partial charge in [-0.15, -0.1) is 0 Å². The zero-order valence-electron chi connectivity index (χ0n) is 12.8. The van der Waals surface area contributed by atoms with Crippen molar-refractivity contribution in [2.24, 2.45) is 5.10 Å². The topological polar surface area (TPSA) is 66.8 Å². The highest BCUT2D eigenvalue weighted by molar-refractivity contribution is 7.91.